The van der Waals surface area contributed by atoms with E-state index in [0.717, 1.165) is 5.69 Å². The third kappa shape index (κ3) is 4.69. The zero-order valence-electron chi connectivity index (χ0n) is 16.5. The van der Waals surface area contributed by atoms with Crippen LogP contribution in [0, 0.1) is 5.82 Å². The van der Waals surface area contributed by atoms with Gasteiger partial charge in [0.25, 0.3) is 0 Å². The third-order valence-electron chi connectivity index (χ3n) is 4.45. The van der Waals surface area contributed by atoms with Crippen LogP contribution >= 0.6 is 11.3 Å². The molecule has 0 saturated heterocycles. The number of carbonyl (C=O) groups is 2. The van der Waals surface area contributed by atoms with Gasteiger partial charge in [-0.2, -0.15) is 4.98 Å². The normalized spacial score (nSPS) is 10.8. The number of carbonyl (C=O) groups excluding carboxylic acids is 2. The summed E-state index contributed by atoms with van der Waals surface area (Å²) in [5.41, 5.74) is 2.02. The topological polar surface area (TPSA) is 97.6 Å². The van der Waals surface area contributed by atoms with E-state index in [1.807, 2.05) is 5.38 Å². The minimum atomic E-state index is -0.761. The first-order chi connectivity index (χ1) is 15.0. The lowest BCUT2D eigenvalue weighted by Gasteiger charge is -2.07. The monoisotopic (exact) mass is 439 g/mol. The fourth-order valence-corrected chi connectivity index (χ4v) is 3.75. The van der Waals surface area contributed by atoms with Crippen molar-refractivity contribution in [1.82, 2.24) is 19.9 Å². The number of fused-ring (bicyclic) bond motifs is 1. The number of ether oxygens (including phenoxy) is 1. The molecule has 2 aromatic carbocycles. The van der Waals surface area contributed by atoms with Gasteiger partial charge in [0.15, 0.2) is 5.82 Å². The number of thiazole rings is 1. The third-order valence-corrected chi connectivity index (χ3v) is 5.32. The number of methoxy groups -OCH3 is 1. The second-order valence-electron chi connectivity index (χ2n) is 6.56. The van der Waals surface area contributed by atoms with Crippen molar-refractivity contribution in [3.8, 4) is 17.1 Å². The summed E-state index contributed by atoms with van der Waals surface area (Å²) in [6, 6.07) is 12.7. The Morgan fingerprint density at radius 3 is 2.74 bits per heavy atom. The largest absolute Gasteiger partial charge is 0.497 e. The molecule has 0 spiro atoms. The van der Waals surface area contributed by atoms with E-state index in [2.05, 4.69) is 20.7 Å². The molecular weight excluding hydrogens is 421 g/mol. The van der Waals surface area contributed by atoms with Gasteiger partial charge in [0.1, 0.15) is 11.6 Å². The fraction of sp³-hybridized carbons (Fsp3) is 0.143. The summed E-state index contributed by atoms with van der Waals surface area (Å²) in [4.78, 5) is 29.3. The van der Waals surface area contributed by atoms with Crippen molar-refractivity contribution in [2.75, 3.05) is 19.0 Å². The van der Waals surface area contributed by atoms with Gasteiger partial charge < -0.3 is 15.4 Å². The molecule has 2 aromatic heterocycles. The summed E-state index contributed by atoms with van der Waals surface area (Å²) in [5.74, 6) is -0.748. The molecule has 0 fully saturated rings. The Hall–Kier alpha value is -3.79. The van der Waals surface area contributed by atoms with Crippen LogP contribution in [-0.4, -0.2) is 40.1 Å². The number of hydrogen-bond donors (Lipinski definition) is 2. The summed E-state index contributed by atoms with van der Waals surface area (Å²) in [7, 11) is 1.52. The summed E-state index contributed by atoms with van der Waals surface area (Å²) < 4.78 is 19.9. The average Bonchev–Trinajstić information content (AvgIpc) is 3.36. The predicted molar refractivity (Wildman–Crippen MR) is 115 cm³/mol. The SMILES string of the molecule is COc1cccc(NC(=O)C(=O)NCCc2csc3nc(-c4ccc(F)cc4)nn23)c1. The Kier molecular flexibility index (Phi) is 5.89. The first-order valence-electron chi connectivity index (χ1n) is 9.36. The second kappa shape index (κ2) is 8.92. The standard InChI is InChI=1S/C21H18FN5O3S/c1-30-17-4-2-3-15(11-17)24-20(29)19(28)23-10-9-16-12-31-21-25-18(26-27(16)21)13-5-7-14(22)8-6-13/h2-8,11-12H,9-10H2,1H3,(H,23,28)(H,24,29). The van der Waals surface area contributed by atoms with Gasteiger partial charge in [0.2, 0.25) is 4.96 Å². The molecule has 2 amide bonds. The highest BCUT2D eigenvalue weighted by Crippen LogP contribution is 2.21. The molecule has 31 heavy (non-hydrogen) atoms. The van der Waals surface area contributed by atoms with Gasteiger partial charge in [0, 0.05) is 35.7 Å². The smallest absolute Gasteiger partial charge is 0.313 e. The molecule has 8 nitrogen and oxygen atoms in total. The molecule has 0 saturated carbocycles. The minimum absolute atomic E-state index is 0.252. The van der Waals surface area contributed by atoms with Crippen molar-refractivity contribution < 1.29 is 18.7 Å². The molecule has 0 aliphatic rings. The van der Waals surface area contributed by atoms with Gasteiger partial charge in [-0.15, -0.1) is 16.4 Å². The molecule has 4 aromatic rings. The van der Waals surface area contributed by atoms with E-state index >= 15 is 0 Å². The van der Waals surface area contributed by atoms with Crippen LogP contribution in [0.2, 0.25) is 0 Å². The summed E-state index contributed by atoms with van der Waals surface area (Å²) in [5, 5.41) is 11.5. The van der Waals surface area contributed by atoms with Crippen LogP contribution in [0.3, 0.4) is 0 Å². The van der Waals surface area contributed by atoms with E-state index in [1.165, 1.54) is 30.6 Å². The van der Waals surface area contributed by atoms with Gasteiger partial charge >= 0.3 is 11.8 Å². The summed E-state index contributed by atoms with van der Waals surface area (Å²) in [6.07, 6.45) is 0.463. The van der Waals surface area contributed by atoms with Crippen LogP contribution in [0.5, 0.6) is 5.75 Å². The van der Waals surface area contributed by atoms with Crippen molar-refractivity contribution in [3.05, 3.63) is 65.4 Å². The Bertz CT molecular complexity index is 1240. The molecule has 0 unspecified atom stereocenters. The molecule has 0 bridgehead atoms. The van der Waals surface area contributed by atoms with Gasteiger partial charge in [-0.25, -0.2) is 8.91 Å². The highest BCUT2D eigenvalue weighted by atomic mass is 32.1. The van der Waals surface area contributed by atoms with E-state index < -0.39 is 11.8 Å². The fourth-order valence-electron chi connectivity index (χ4n) is 2.89. The van der Waals surface area contributed by atoms with Crippen molar-refractivity contribution in [3.63, 3.8) is 0 Å². The zero-order chi connectivity index (χ0) is 21.8. The van der Waals surface area contributed by atoms with Crippen LogP contribution in [0.25, 0.3) is 16.3 Å². The van der Waals surface area contributed by atoms with Crippen LogP contribution < -0.4 is 15.4 Å². The molecule has 2 heterocycles. The molecule has 0 aliphatic heterocycles. The number of hydrogen-bond acceptors (Lipinski definition) is 6. The number of benzene rings is 2. The highest BCUT2D eigenvalue weighted by molar-refractivity contribution is 7.15. The number of anilines is 1. The number of nitrogens with zero attached hydrogens (tertiary/aromatic N) is 3. The zero-order valence-corrected chi connectivity index (χ0v) is 17.3. The average molecular weight is 439 g/mol. The maximum absolute atomic E-state index is 13.1. The Balaban J connectivity index is 1.35. The lowest BCUT2D eigenvalue weighted by Crippen LogP contribution is -2.36. The number of aromatic nitrogens is 3. The van der Waals surface area contributed by atoms with Crippen LogP contribution in [0.1, 0.15) is 5.69 Å². The quantitative estimate of drug-likeness (QED) is 0.450. The Morgan fingerprint density at radius 2 is 1.97 bits per heavy atom. The highest BCUT2D eigenvalue weighted by Gasteiger charge is 2.15. The van der Waals surface area contributed by atoms with E-state index in [0.29, 0.717) is 34.2 Å². The molecule has 10 heteroatoms. The first-order valence-corrected chi connectivity index (χ1v) is 10.2. The van der Waals surface area contributed by atoms with Crippen LogP contribution in [0.15, 0.2) is 53.9 Å². The van der Waals surface area contributed by atoms with E-state index in [-0.39, 0.29) is 12.4 Å². The van der Waals surface area contributed by atoms with Crippen LogP contribution in [0.4, 0.5) is 10.1 Å². The Labute approximate surface area is 180 Å². The van der Waals surface area contributed by atoms with Crippen LogP contribution in [-0.2, 0) is 16.0 Å². The number of nitrogens with one attached hydrogen (secondary N) is 2. The maximum atomic E-state index is 13.1. The number of amides is 2. The van der Waals surface area contributed by atoms with E-state index in [1.54, 1.807) is 40.9 Å². The summed E-state index contributed by atoms with van der Waals surface area (Å²) >= 11 is 1.41. The Morgan fingerprint density at radius 1 is 1.16 bits per heavy atom. The lowest BCUT2D eigenvalue weighted by molar-refractivity contribution is -0.136. The molecule has 0 atom stereocenters. The predicted octanol–water partition coefficient (Wildman–Crippen LogP) is 2.90. The molecule has 0 aliphatic carbocycles. The van der Waals surface area contributed by atoms with Gasteiger partial charge in [0.05, 0.1) is 12.8 Å². The first kappa shape index (κ1) is 20.5. The molecular formula is C21H18FN5O3S. The minimum Gasteiger partial charge on any atom is -0.497 e. The number of rotatable bonds is 6. The van der Waals surface area contributed by atoms with Crippen molar-refractivity contribution >= 4 is 33.8 Å². The van der Waals surface area contributed by atoms with Crippen molar-refractivity contribution in [1.29, 1.82) is 0 Å². The molecule has 0 radical (unpaired) electrons. The molecule has 4 rings (SSSR count). The van der Waals surface area contributed by atoms with E-state index in [4.69, 9.17) is 4.74 Å². The van der Waals surface area contributed by atoms with Gasteiger partial charge in [-0.05, 0) is 36.4 Å². The number of halogens is 1. The molecule has 2 N–H and O–H groups in total. The van der Waals surface area contributed by atoms with E-state index in [9.17, 15) is 14.0 Å². The van der Waals surface area contributed by atoms with Crippen molar-refractivity contribution in [2.24, 2.45) is 0 Å². The maximum Gasteiger partial charge on any atom is 0.313 e. The molecule has 158 valence electrons. The van der Waals surface area contributed by atoms with Gasteiger partial charge in [-0.1, -0.05) is 6.07 Å². The lowest BCUT2D eigenvalue weighted by atomic mass is 10.2. The summed E-state index contributed by atoms with van der Waals surface area (Å²) in [6.45, 7) is 0.252. The second-order valence-corrected chi connectivity index (χ2v) is 7.39. The van der Waals surface area contributed by atoms with Gasteiger partial charge in [-0.3, -0.25) is 9.59 Å². The van der Waals surface area contributed by atoms with Crippen molar-refractivity contribution in [2.45, 2.75) is 6.42 Å².